The van der Waals surface area contributed by atoms with Gasteiger partial charge in [0.15, 0.2) is 17.5 Å². The zero-order valence-corrected chi connectivity index (χ0v) is 27.4. The largest absolute Gasteiger partial charge is 0.455 e. The van der Waals surface area contributed by atoms with E-state index < -0.39 is 0 Å². The second kappa shape index (κ2) is 10.5. The molecule has 0 bridgehead atoms. The molecule has 3 heterocycles. The standard InChI is InChI=1S/C45H25N3OS/c1-2-12-26(13-3-1)43-46-44(27-22-23-32-30-16-5-4-14-28(30)29-15-6-7-17-31(29)35(32)24-27)48-45(47-43)37-25-36-33-18-8-10-20-38(33)49-41(36)40-34-19-9-11-21-39(34)50-42(37)40/h1-25H. The Morgan fingerprint density at radius 1 is 0.400 bits per heavy atom. The Morgan fingerprint density at radius 2 is 0.960 bits per heavy atom. The molecule has 0 spiro atoms. The average Bonchev–Trinajstić information content (AvgIpc) is 3.76. The molecule has 0 unspecified atom stereocenters. The Balaban J connectivity index is 1.23. The van der Waals surface area contributed by atoms with E-state index in [0.29, 0.717) is 17.5 Å². The summed E-state index contributed by atoms with van der Waals surface area (Å²) in [5.74, 6) is 1.92. The SMILES string of the molecule is c1ccc(-c2nc(-c3ccc4c5ccccc5c5ccccc5c4c3)nc(-c3cc4c5ccccc5oc4c4c3sc3ccccc34)n2)cc1. The molecule has 0 amide bonds. The number of nitrogens with zero attached hydrogens (tertiary/aromatic N) is 3. The minimum absolute atomic E-state index is 0.638. The molecule has 232 valence electrons. The summed E-state index contributed by atoms with van der Waals surface area (Å²) < 4.78 is 8.87. The van der Waals surface area contributed by atoms with Crippen molar-refractivity contribution in [1.29, 1.82) is 0 Å². The fourth-order valence-corrected chi connectivity index (χ4v) is 8.83. The van der Waals surface area contributed by atoms with E-state index in [1.807, 2.05) is 30.3 Å². The quantitative estimate of drug-likeness (QED) is 0.178. The van der Waals surface area contributed by atoms with Gasteiger partial charge >= 0.3 is 0 Å². The fraction of sp³-hybridized carbons (Fsp3) is 0. The van der Waals surface area contributed by atoms with Gasteiger partial charge < -0.3 is 4.42 Å². The molecular weight excluding hydrogens is 631 g/mol. The molecule has 4 nitrogen and oxygen atoms in total. The molecule has 0 saturated carbocycles. The molecule has 8 aromatic carbocycles. The molecule has 11 rings (SSSR count). The van der Waals surface area contributed by atoms with Crippen LogP contribution in [0.3, 0.4) is 0 Å². The van der Waals surface area contributed by atoms with E-state index in [0.717, 1.165) is 48.7 Å². The van der Waals surface area contributed by atoms with E-state index in [9.17, 15) is 0 Å². The summed E-state index contributed by atoms with van der Waals surface area (Å²) in [5, 5.41) is 11.7. The lowest BCUT2D eigenvalue weighted by Gasteiger charge is -2.13. The molecule has 0 N–H and O–H groups in total. The van der Waals surface area contributed by atoms with Crippen LogP contribution in [0.4, 0.5) is 0 Å². The van der Waals surface area contributed by atoms with Crippen LogP contribution in [0.5, 0.6) is 0 Å². The van der Waals surface area contributed by atoms with Crippen LogP contribution in [0.1, 0.15) is 0 Å². The maximum Gasteiger partial charge on any atom is 0.165 e. The van der Waals surface area contributed by atoms with Crippen molar-refractivity contribution >= 4 is 85.8 Å². The highest BCUT2D eigenvalue weighted by Gasteiger charge is 2.22. The number of rotatable bonds is 3. The van der Waals surface area contributed by atoms with Crippen molar-refractivity contribution in [2.45, 2.75) is 0 Å². The van der Waals surface area contributed by atoms with Crippen molar-refractivity contribution in [2.75, 3.05) is 0 Å². The highest BCUT2D eigenvalue weighted by atomic mass is 32.1. The van der Waals surface area contributed by atoms with Gasteiger partial charge in [0.05, 0.1) is 4.70 Å². The van der Waals surface area contributed by atoms with E-state index in [1.165, 1.54) is 42.4 Å². The van der Waals surface area contributed by atoms with Crippen molar-refractivity contribution in [3.05, 3.63) is 152 Å². The lowest BCUT2D eigenvalue weighted by atomic mass is 9.93. The van der Waals surface area contributed by atoms with Gasteiger partial charge in [0, 0.05) is 42.9 Å². The minimum atomic E-state index is 0.638. The summed E-state index contributed by atoms with van der Waals surface area (Å²) in [7, 11) is 0. The monoisotopic (exact) mass is 655 g/mol. The van der Waals surface area contributed by atoms with E-state index in [2.05, 4.69) is 121 Å². The van der Waals surface area contributed by atoms with Crippen molar-refractivity contribution in [3.63, 3.8) is 0 Å². The van der Waals surface area contributed by atoms with Crippen LogP contribution in [-0.4, -0.2) is 15.0 Å². The molecule has 0 aliphatic carbocycles. The summed E-state index contributed by atoms with van der Waals surface area (Å²) >= 11 is 1.76. The topological polar surface area (TPSA) is 51.8 Å². The van der Waals surface area contributed by atoms with Crippen LogP contribution in [0, 0.1) is 0 Å². The summed E-state index contributed by atoms with van der Waals surface area (Å²) in [6, 6.07) is 53.1. The highest BCUT2D eigenvalue weighted by Crippen LogP contribution is 2.46. The molecule has 0 radical (unpaired) electrons. The van der Waals surface area contributed by atoms with E-state index in [1.54, 1.807) is 11.3 Å². The highest BCUT2D eigenvalue weighted by molar-refractivity contribution is 7.26. The average molecular weight is 656 g/mol. The molecule has 0 fully saturated rings. The first-order valence-electron chi connectivity index (χ1n) is 16.7. The van der Waals surface area contributed by atoms with Crippen molar-refractivity contribution in [3.8, 4) is 34.2 Å². The fourth-order valence-electron chi connectivity index (χ4n) is 7.62. The van der Waals surface area contributed by atoms with Crippen molar-refractivity contribution in [2.24, 2.45) is 0 Å². The van der Waals surface area contributed by atoms with Gasteiger partial charge in [-0.1, -0.05) is 127 Å². The molecule has 0 aliphatic rings. The zero-order chi connectivity index (χ0) is 32.8. The van der Waals surface area contributed by atoms with Gasteiger partial charge in [0.2, 0.25) is 0 Å². The molecule has 50 heavy (non-hydrogen) atoms. The second-order valence-corrected chi connectivity index (χ2v) is 13.8. The zero-order valence-electron chi connectivity index (χ0n) is 26.6. The Kier molecular flexibility index (Phi) is 5.80. The Hall–Kier alpha value is -6.43. The second-order valence-electron chi connectivity index (χ2n) is 12.7. The molecule has 0 saturated heterocycles. The summed E-state index contributed by atoms with van der Waals surface area (Å²) in [6.45, 7) is 0. The number of thiophene rings is 1. The summed E-state index contributed by atoms with van der Waals surface area (Å²) in [5.41, 5.74) is 4.62. The first-order valence-corrected chi connectivity index (χ1v) is 17.5. The van der Waals surface area contributed by atoms with Crippen LogP contribution in [0.15, 0.2) is 156 Å². The minimum Gasteiger partial charge on any atom is -0.455 e. The van der Waals surface area contributed by atoms with Crippen LogP contribution in [0.25, 0.3) is 109 Å². The maximum atomic E-state index is 6.57. The predicted molar refractivity (Wildman–Crippen MR) is 209 cm³/mol. The number of aromatic nitrogens is 3. The van der Waals surface area contributed by atoms with E-state index in [4.69, 9.17) is 19.4 Å². The third kappa shape index (κ3) is 4.01. The third-order valence-corrected chi connectivity index (χ3v) is 11.1. The van der Waals surface area contributed by atoms with Gasteiger partial charge in [-0.25, -0.2) is 15.0 Å². The lowest BCUT2D eigenvalue weighted by Crippen LogP contribution is -2.00. The molecular formula is C45H25N3OS. The number of hydrogen-bond donors (Lipinski definition) is 0. The number of fused-ring (bicyclic) bond motifs is 13. The number of furan rings is 1. The Labute approximate surface area is 289 Å². The number of hydrogen-bond acceptors (Lipinski definition) is 5. The molecule has 0 aliphatic heterocycles. The molecule has 3 aromatic heterocycles. The van der Waals surface area contributed by atoms with Gasteiger partial charge in [-0.2, -0.15) is 0 Å². The molecule has 0 atom stereocenters. The van der Waals surface area contributed by atoms with Gasteiger partial charge in [-0.3, -0.25) is 0 Å². The van der Waals surface area contributed by atoms with Gasteiger partial charge in [-0.15, -0.1) is 11.3 Å². The van der Waals surface area contributed by atoms with Crippen molar-refractivity contribution in [1.82, 2.24) is 15.0 Å². The first kappa shape index (κ1) is 27.5. The molecule has 11 aromatic rings. The van der Waals surface area contributed by atoms with E-state index in [-0.39, 0.29) is 0 Å². The van der Waals surface area contributed by atoms with E-state index >= 15 is 0 Å². The Morgan fingerprint density at radius 3 is 1.70 bits per heavy atom. The predicted octanol–water partition coefficient (Wildman–Crippen LogP) is 12.6. The first-order chi connectivity index (χ1) is 24.8. The van der Waals surface area contributed by atoms with Crippen LogP contribution in [-0.2, 0) is 0 Å². The number of benzene rings is 8. The lowest BCUT2D eigenvalue weighted by molar-refractivity contribution is 0.673. The van der Waals surface area contributed by atoms with Gasteiger partial charge in [-0.05, 0) is 56.6 Å². The van der Waals surface area contributed by atoms with Gasteiger partial charge in [0.25, 0.3) is 0 Å². The normalized spacial score (nSPS) is 12.0. The van der Waals surface area contributed by atoms with Crippen LogP contribution >= 0.6 is 11.3 Å². The van der Waals surface area contributed by atoms with Crippen LogP contribution < -0.4 is 0 Å². The van der Waals surface area contributed by atoms with Crippen LogP contribution in [0.2, 0.25) is 0 Å². The number of para-hydroxylation sites is 1. The molecule has 5 heteroatoms. The van der Waals surface area contributed by atoms with Crippen molar-refractivity contribution < 1.29 is 4.42 Å². The smallest absolute Gasteiger partial charge is 0.165 e. The summed E-state index contributed by atoms with van der Waals surface area (Å²) in [6.07, 6.45) is 0. The van der Waals surface area contributed by atoms with Gasteiger partial charge in [0.1, 0.15) is 11.2 Å². The Bertz CT molecular complexity index is 3120. The summed E-state index contributed by atoms with van der Waals surface area (Å²) in [4.78, 5) is 15.6. The maximum absolute atomic E-state index is 6.57. The third-order valence-electron chi connectivity index (χ3n) is 9.90.